The highest BCUT2D eigenvalue weighted by molar-refractivity contribution is 5.75. The zero-order valence-corrected chi connectivity index (χ0v) is 11.9. The molecular weight excluding hydrogens is 260 g/mol. The Bertz CT molecular complexity index is 442. The third-order valence-corrected chi connectivity index (χ3v) is 2.42. The quantitative estimate of drug-likeness (QED) is 0.415. The molecule has 0 aliphatic carbocycles. The lowest BCUT2D eigenvalue weighted by Gasteiger charge is -2.06. The van der Waals surface area contributed by atoms with Gasteiger partial charge in [-0.1, -0.05) is 25.5 Å². The SMILES string of the molecule is CCCCOC(=O)COCC(=O)Oc1cccc(C)c1. The van der Waals surface area contributed by atoms with Crippen molar-refractivity contribution in [2.24, 2.45) is 0 Å². The van der Waals surface area contributed by atoms with Crippen LogP contribution in [0.4, 0.5) is 0 Å². The average molecular weight is 280 g/mol. The Kier molecular flexibility index (Phi) is 7.35. The number of carbonyl (C=O) groups excluding carboxylic acids is 2. The largest absolute Gasteiger partial charge is 0.464 e. The van der Waals surface area contributed by atoms with Crippen LogP contribution in [0, 0.1) is 6.92 Å². The molecule has 0 N–H and O–H groups in total. The molecule has 5 heteroatoms. The van der Waals surface area contributed by atoms with Gasteiger partial charge in [0.2, 0.25) is 0 Å². The van der Waals surface area contributed by atoms with Crippen molar-refractivity contribution < 1.29 is 23.8 Å². The molecule has 0 aromatic heterocycles. The molecule has 0 unspecified atom stereocenters. The molecule has 110 valence electrons. The highest BCUT2D eigenvalue weighted by atomic mass is 16.6. The maximum absolute atomic E-state index is 11.5. The average Bonchev–Trinajstić information content (AvgIpc) is 2.39. The molecule has 0 fully saturated rings. The molecule has 1 aromatic rings. The van der Waals surface area contributed by atoms with Gasteiger partial charge in [-0.05, 0) is 31.0 Å². The van der Waals surface area contributed by atoms with Crippen LogP contribution >= 0.6 is 0 Å². The lowest BCUT2D eigenvalue weighted by atomic mass is 10.2. The van der Waals surface area contributed by atoms with Gasteiger partial charge in [-0.15, -0.1) is 0 Å². The Morgan fingerprint density at radius 3 is 2.60 bits per heavy atom. The van der Waals surface area contributed by atoms with E-state index < -0.39 is 11.9 Å². The number of hydrogen-bond acceptors (Lipinski definition) is 5. The van der Waals surface area contributed by atoms with Gasteiger partial charge in [-0.3, -0.25) is 0 Å². The fraction of sp³-hybridized carbons (Fsp3) is 0.467. The summed E-state index contributed by atoms with van der Waals surface area (Å²) in [6.45, 7) is 3.77. The summed E-state index contributed by atoms with van der Waals surface area (Å²) in [4.78, 5) is 22.7. The summed E-state index contributed by atoms with van der Waals surface area (Å²) >= 11 is 0. The van der Waals surface area contributed by atoms with Gasteiger partial charge in [0.1, 0.15) is 19.0 Å². The van der Waals surface area contributed by atoms with Crippen molar-refractivity contribution in [3.05, 3.63) is 29.8 Å². The fourth-order valence-electron chi connectivity index (χ4n) is 1.43. The summed E-state index contributed by atoms with van der Waals surface area (Å²) in [6, 6.07) is 7.13. The Balaban J connectivity index is 2.18. The molecule has 0 saturated carbocycles. The third kappa shape index (κ3) is 6.89. The molecule has 0 saturated heterocycles. The molecule has 0 atom stereocenters. The van der Waals surface area contributed by atoms with E-state index in [0.29, 0.717) is 12.4 Å². The molecule has 0 spiro atoms. The molecule has 0 aliphatic rings. The highest BCUT2D eigenvalue weighted by Crippen LogP contribution is 2.12. The maximum atomic E-state index is 11.5. The lowest BCUT2D eigenvalue weighted by molar-refractivity contribution is -0.152. The van der Waals surface area contributed by atoms with E-state index in [0.717, 1.165) is 18.4 Å². The van der Waals surface area contributed by atoms with Crippen molar-refractivity contribution in [2.75, 3.05) is 19.8 Å². The Morgan fingerprint density at radius 2 is 1.90 bits per heavy atom. The zero-order chi connectivity index (χ0) is 14.8. The first kappa shape index (κ1) is 16.2. The van der Waals surface area contributed by atoms with Crippen LogP contribution in [0.1, 0.15) is 25.3 Å². The first-order valence-corrected chi connectivity index (χ1v) is 6.62. The summed E-state index contributed by atoms with van der Waals surface area (Å²) in [5.74, 6) is -0.553. The monoisotopic (exact) mass is 280 g/mol. The number of hydrogen-bond donors (Lipinski definition) is 0. The van der Waals surface area contributed by atoms with Crippen LogP contribution in [-0.2, 0) is 19.1 Å². The van der Waals surface area contributed by atoms with E-state index >= 15 is 0 Å². The van der Waals surface area contributed by atoms with Gasteiger partial charge in [0.25, 0.3) is 0 Å². The van der Waals surface area contributed by atoms with Gasteiger partial charge in [-0.2, -0.15) is 0 Å². The number of ether oxygens (including phenoxy) is 3. The number of carbonyl (C=O) groups is 2. The standard InChI is InChI=1S/C15H20O5/c1-3-4-8-19-14(16)10-18-11-15(17)20-13-7-5-6-12(2)9-13/h5-7,9H,3-4,8,10-11H2,1-2H3. The van der Waals surface area contributed by atoms with Crippen LogP contribution < -0.4 is 4.74 Å². The van der Waals surface area contributed by atoms with E-state index in [4.69, 9.17) is 14.2 Å². The van der Waals surface area contributed by atoms with E-state index in [1.165, 1.54) is 0 Å². The van der Waals surface area contributed by atoms with E-state index in [2.05, 4.69) is 0 Å². The van der Waals surface area contributed by atoms with Crippen LogP contribution in [-0.4, -0.2) is 31.8 Å². The first-order valence-electron chi connectivity index (χ1n) is 6.62. The predicted octanol–water partition coefficient (Wildman–Crippen LogP) is 2.26. The second-order valence-electron chi connectivity index (χ2n) is 4.36. The second-order valence-corrected chi connectivity index (χ2v) is 4.36. The lowest BCUT2D eigenvalue weighted by Crippen LogP contribution is -2.20. The van der Waals surface area contributed by atoms with Gasteiger partial charge < -0.3 is 14.2 Å². The van der Waals surface area contributed by atoms with Gasteiger partial charge >= 0.3 is 11.9 Å². The van der Waals surface area contributed by atoms with Crippen LogP contribution in [0.25, 0.3) is 0 Å². The van der Waals surface area contributed by atoms with E-state index in [-0.39, 0.29) is 13.2 Å². The summed E-state index contributed by atoms with van der Waals surface area (Å²) in [5, 5.41) is 0. The normalized spacial score (nSPS) is 10.1. The van der Waals surface area contributed by atoms with Crippen molar-refractivity contribution in [3.63, 3.8) is 0 Å². The van der Waals surface area contributed by atoms with Crippen molar-refractivity contribution in [3.8, 4) is 5.75 Å². The summed E-state index contributed by atoms with van der Waals surface area (Å²) < 4.78 is 14.9. The minimum absolute atomic E-state index is 0.243. The predicted molar refractivity (Wildman–Crippen MR) is 73.5 cm³/mol. The third-order valence-electron chi connectivity index (χ3n) is 2.42. The molecule has 1 aromatic carbocycles. The van der Waals surface area contributed by atoms with E-state index in [9.17, 15) is 9.59 Å². The van der Waals surface area contributed by atoms with Gasteiger partial charge in [-0.25, -0.2) is 9.59 Å². The van der Waals surface area contributed by atoms with Gasteiger partial charge in [0.15, 0.2) is 0 Å². The number of rotatable bonds is 8. The molecule has 5 nitrogen and oxygen atoms in total. The summed E-state index contributed by atoms with van der Waals surface area (Å²) in [6.07, 6.45) is 1.78. The molecule has 0 bridgehead atoms. The number of benzene rings is 1. The second kappa shape index (κ2) is 9.09. The summed E-state index contributed by atoms with van der Waals surface area (Å²) in [5.41, 5.74) is 0.996. The number of esters is 2. The van der Waals surface area contributed by atoms with Gasteiger partial charge in [0, 0.05) is 0 Å². The minimum Gasteiger partial charge on any atom is -0.464 e. The maximum Gasteiger partial charge on any atom is 0.337 e. The topological polar surface area (TPSA) is 61.8 Å². The number of aryl methyl sites for hydroxylation is 1. The van der Waals surface area contributed by atoms with Crippen molar-refractivity contribution in [1.29, 1.82) is 0 Å². The highest BCUT2D eigenvalue weighted by Gasteiger charge is 2.08. The van der Waals surface area contributed by atoms with Crippen LogP contribution in [0.5, 0.6) is 5.75 Å². The minimum atomic E-state index is -0.544. The Morgan fingerprint density at radius 1 is 1.15 bits per heavy atom. The molecule has 1 rings (SSSR count). The Labute approximate surface area is 118 Å². The molecule has 0 radical (unpaired) electrons. The van der Waals surface area contributed by atoms with E-state index in [1.54, 1.807) is 18.2 Å². The van der Waals surface area contributed by atoms with Crippen LogP contribution in [0.15, 0.2) is 24.3 Å². The molecule has 0 amide bonds. The summed E-state index contributed by atoms with van der Waals surface area (Å²) in [7, 11) is 0. The smallest absolute Gasteiger partial charge is 0.337 e. The number of unbranched alkanes of at least 4 members (excludes halogenated alkanes) is 1. The van der Waals surface area contributed by atoms with Crippen LogP contribution in [0.2, 0.25) is 0 Å². The Hall–Kier alpha value is -1.88. The first-order chi connectivity index (χ1) is 9.61. The fourth-order valence-corrected chi connectivity index (χ4v) is 1.43. The molecule has 0 heterocycles. The molecule has 0 aliphatic heterocycles. The van der Waals surface area contributed by atoms with Crippen molar-refractivity contribution in [2.45, 2.75) is 26.7 Å². The van der Waals surface area contributed by atoms with Crippen molar-refractivity contribution in [1.82, 2.24) is 0 Å². The zero-order valence-electron chi connectivity index (χ0n) is 11.9. The van der Waals surface area contributed by atoms with Crippen molar-refractivity contribution >= 4 is 11.9 Å². The molecule has 20 heavy (non-hydrogen) atoms. The van der Waals surface area contributed by atoms with E-state index in [1.807, 2.05) is 19.9 Å². The molecular formula is C15H20O5. The van der Waals surface area contributed by atoms with Crippen LogP contribution in [0.3, 0.4) is 0 Å². The van der Waals surface area contributed by atoms with Gasteiger partial charge in [0.05, 0.1) is 6.61 Å².